The van der Waals surface area contributed by atoms with Gasteiger partial charge in [-0.15, -0.1) is 0 Å². The molecule has 0 atom stereocenters. The van der Waals surface area contributed by atoms with Crippen molar-refractivity contribution in [2.24, 2.45) is 7.05 Å². The zero-order valence-electron chi connectivity index (χ0n) is 11.4. The van der Waals surface area contributed by atoms with Crippen LogP contribution in [-0.2, 0) is 7.05 Å². The highest BCUT2D eigenvalue weighted by atomic mass is 16.4. The Balaban J connectivity index is 1.96. The zero-order chi connectivity index (χ0) is 14.3. The number of aromatic nitrogens is 1. The number of aliphatic hydroxyl groups is 1. The number of anilines is 1. The monoisotopic (exact) mass is 274 g/mol. The maximum Gasteiger partial charge on any atom is 0.352 e. The third-order valence-corrected chi connectivity index (χ3v) is 4.07. The highest BCUT2D eigenvalue weighted by molar-refractivity contribution is 5.95. The number of carboxylic acid groups (broad SMARTS) is 1. The van der Waals surface area contributed by atoms with E-state index in [1.165, 1.54) is 0 Å². The molecule has 0 spiro atoms. The molecule has 5 nitrogen and oxygen atoms in total. The summed E-state index contributed by atoms with van der Waals surface area (Å²) in [6.45, 7) is 1.68. The number of nitrogens with zero attached hydrogens (tertiary/aromatic N) is 2. The molecule has 0 amide bonds. The van der Waals surface area contributed by atoms with E-state index in [9.17, 15) is 9.90 Å². The van der Waals surface area contributed by atoms with Gasteiger partial charge in [-0.2, -0.15) is 0 Å². The van der Waals surface area contributed by atoms with Crippen LogP contribution in [0.4, 0.5) is 5.69 Å². The molecule has 0 bridgehead atoms. The zero-order valence-corrected chi connectivity index (χ0v) is 11.4. The number of hydrogen-bond donors (Lipinski definition) is 2. The number of aryl methyl sites for hydroxylation is 1. The molecule has 1 aromatic heterocycles. The van der Waals surface area contributed by atoms with Gasteiger partial charge in [0.1, 0.15) is 5.69 Å². The van der Waals surface area contributed by atoms with Crippen LogP contribution < -0.4 is 4.90 Å². The smallest absolute Gasteiger partial charge is 0.352 e. The Labute approximate surface area is 117 Å². The first kappa shape index (κ1) is 13.0. The lowest BCUT2D eigenvalue weighted by atomic mass is 10.1. The molecule has 106 valence electrons. The minimum Gasteiger partial charge on any atom is -0.477 e. The Morgan fingerprint density at radius 1 is 1.25 bits per heavy atom. The van der Waals surface area contributed by atoms with Crippen molar-refractivity contribution in [3.63, 3.8) is 0 Å². The average Bonchev–Trinajstić information content (AvgIpc) is 2.77. The molecule has 2 heterocycles. The van der Waals surface area contributed by atoms with Crippen molar-refractivity contribution >= 4 is 22.6 Å². The van der Waals surface area contributed by atoms with Crippen LogP contribution in [0.15, 0.2) is 24.3 Å². The molecule has 0 saturated carbocycles. The molecule has 0 radical (unpaired) electrons. The molecule has 1 aromatic carbocycles. The van der Waals surface area contributed by atoms with Gasteiger partial charge in [-0.3, -0.25) is 0 Å². The molecule has 0 aliphatic carbocycles. The van der Waals surface area contributed by atoms with Gasteiger partial charge in [0.2, 0.25) is 0 Å². The normalized spacial score (nSPS) is 16.8. The number of piperidine rings is 1. The molecule has 2 N–H and O–H groups in total. The van der Waals surface area contributed by atoms with Crippen LogP contribution in [0.2, 0.25) is 0 Å². The maximum absolute atomic E-state index is 11.2. The van der Waals surface area contributed by atoms with Gasteiger partial charge in [-0.1, -0.05) is 0 Å². The fraction of sp³-hybridized carbons (Fsp3) is 0.400. The van der Waals surface area contributed by atoms with Crippen LogP contribution >= 0.6 is 0 Å². The summed E-state index contributed by atoms with van der Waals surface area (Å²) in [5.41, 5.74) is 2.31. The lowest BCUT2D eigenvalue weighted by Gasteiger charge is -2.31. The molecular formula is C15H18N2O3. The van der Waals surface area contributed by atoms with E-state index in [0.717, 1.165) is 42.5 Å². The molecule has 0 unspecified atom stereocenters. The number of hydrogen-bond acceptors (Lipinski definition) is 3. The van der Waals surface area contributed by atoms with E-state index >= 15 is 0 Å². The summed E-state index contributed by atoms with van der Waals surface area (Å²) in [6.07, 6.45) is 1.38. The third-order valence-electron chi connectivity index (χ3n) is 4.07. The number of fused-ring (bicyclic) bond motifs is 1. The lowest BCUT2D eigenvalue weighted by molar-refractivity contribution is 0.0687. The van der Waals surface area contributed by atoms with E-state index < -0.39 is 5.97 Å². The Hall–Kier alpha value is -2.01. The summed E-state index contributed by atoms with van der Waals surface area (Å²) in [5.74, 6) is -0.911. The summed E-state index contributed by atoms with van der Waals surface area (Å²) in [6, 6.07) is 7.72. The Kier molecular flexibility index (Phi) is 3.14. The Morgan fingerprint density at radius 3 is 2.60 bits per heavy atom. The molecule has 1 saturated heterocycles. The first-order chi connectivity index (χ1) is 9.56. The molecule has 20 heavy (non-hydrogen) atoms. The van der Waals surface area contributed by atoms with Crippen LogP contribution in [-0.4, -0.2) is 39.9 Å². The minimum absolute atomic E-state index is 0.190. The van der Waals surface area contributed by atoms with Gasteiger partial charge in [-0.25, -0.2) is 4.79 Å². The van der Waals surface area contributed by atoms with Gasteiger partial charge in [0, 0.05) is 36.7 Å². The molecule has 2 aromatic rings. The number of aliphatic hydroxyl groups excluding tert-OH is 1. The largest absolute Gasteiger partial charge is 0.477 e. The Bertz CT molecular complexity index is 654. The van der Waals surface area contributed by atoms with Crippen molar-refractivity contribution < 1.29 is 15.0 Å². The standard InChI is InChI=1S/C15H18N2O3/c1-16-13-3-2-11(17-6-4-12(18)5-7-17)8-10(13)9-14(16)15(19)20/h2-3,8-9,12,18H,4-7H2,1H3,(H,19,20). The number of benzene rings is 1. The molecule has 1 fully saturated rings. The number of rotatable bonds is 2. The van der Waals surface area contributed by atoms with Gasteiger partial charge in [0.15, 0.2) is 0 Å². The van der Waals surface area contributed by atoms with Crippen LogP contribution in [0, 0.1) is 0 Å². The van der Waals surface area contributed by atoms with E-state index in [4.69, 9.17) is 5.11 Å². The molecule has 5 heteroatoms. The number of carboxylic acids is 1. The summed E-state index contributed by atoms with van der Waals surface area (Å²) < 4.78 is 1.70. The molecule has 1 aliphatic rings. The second-order valence-corrected chi connectivity index (χ2v) is 5.36. The van der Waals surface area contributed by atoms with E-state index in [0.29, 0.717) is 5.69 Å². The first-order valence-electron chi connectivity index (χ1n) is 6.82. The number of carbonyl (C=O) groups is 1. The quantitative estimate of drug-likeness (QED) is 0.877. The second kappa shape index (κ2) is 4.83. The number of aromatic carboxylic acids is 1. The van der Waals surface area contributed by atoms with E-state index in [-0.39, 0.29) is 6.10 Å². The minimum atomic E-state index is -0.911. The maximum atomic E-state index is 11.2. The van der Waals surface area contributed by atoms with E-state index in [1.54, 1.807) is 17.7 Å². The van der Waals surface area contributed by atoms with Crippen LogP contribution in [0.3, 0.4) is 0 Å². The first-order valence-corrected chi connectivity index (χ1v) is 6.82. The predicted octanol–water partition coefficient (Wildman–Crippen LogP) is 1.84. The van der Waals surface area contributed by atoms with Gasteiger partial charge in [0.05, 0.1) is 6.10 Å². The molecular weight excluding hydrogens is 256 g/mol. The molecule has 3 rings (SSSR count). The summed E-state index contributed by atoms with van der Waals surface area (Å²) in [4.78, 5) is 13.4. The van der Waals surface area contributed by atoms with Crippen LogP contribution in [0.1, 0.15) is 23.3 Å². The van der Waals surface area contributed by atoms with Gasteiger partial charge >= 0.3 is 5.97 Å². The second-order valence-electron chi connectivity index (χ2n) is 5.36. The van der Waals surface area contributed by atoms with Gasteiger partial charge in [0.25, 0.3) is 0 Å². The SMILES string of the molecule is Cn1c(C(=O)O)cc2cc(N3CCC(O)CC3)ccc21. The highest BCUT2D eigenvalue weighted by Crippen LogP contribution is 2.26. The van der Waals surface area contributed by atoms with Crippen molar-refractivity contribution in [3.8, 4) is 0 Å². The van der Waals surface area contributed by atoms with Crippen molar-refractivity contribution in [1.29, 1.82) is 0 Å². The van der Waals surface area contributed by atoms with E-state index in [1.807, 2.05) is 18.2 Å². The third kappa shape index (κ3) is 2.14. The fourth-order valence-corrected chi connectivity index (χ4v) is 2.86. The molecule has 1 aliphatic heterocycles. The van der Waals surface area contributed by atoms with E-state index in [2.05, 4.69) is 4.90 Å². The van der Waals surface area contributed by atoms with Gasteiger partial charge in [-0.05, 0) is 37.1 Å². The topological polar surface area (TPSA) is 65.7 Å². The average molecular weight is 274 g/mol. The summed E-state index contributed by atoms with van der Waals surface area (Å²) in [7, 11) is 1.77. The predicted molar refractivity (Wildman–Crippen MR) is 77.3 cm³/mol. The van der Waals surface area contributed by atoms with Crippen molar-refractivity contribution in [2.75, 3.05) is 18.0 Å². The Morgan fingerprint density at radius 2 is 1.95 bits per heavy atom. The fourth-order valence-electron chi connectivity index (χ4n) is 2.86. The highest BCUT2D eigenvalue weighted by Gasteiger charge is 2.18. The van der Waals surface area contributed by atoms with Gasteiger partial charge < -0.3 is 19.7 Å². The van der Waals surface area contributed by atoms with Crippen LogP contribution in [0.5, 0.6) is 0 Å². The van der Waals surface area contributed by atoms with Crippen LogP contribution in [0.25, 0.3) is 10.9 Å². The summed E-state index contributed by atoms with van der Waals surface area (Å²) in [5, 5.41) is 19.6. The van der Waals surface area contributed by atoms with Crippen molar-refractivity contribution in [1.82, 2.24) is 4.57 Å². The lowest BCUT2D eigenvalue weighted by Crippen LogP contribution is -2.35. The van der Waals surface area contributed by atoms with Crippen molar-refractivity contribution in [2.45, 2.75) is 18.9 Å². The summed E-state index contributed by atoms with van der Waals surface area (Å²) >= 11 is 0. The van der Waals surface area contributed by atoms with Crippen molar-refractivity contribution in [3.05, 3.63) is 30.0 Å².